The van der Waals surface area contributed by atoms with E-state index < -0.39 is 0 Å². The zero-order valence-corrected chi connectivity index (χ0v) is 10.5. The van der Waals surface area contributed by atoms with E-state index in [2.05, 4.69) is 48.5 Å². The molecule has 0 saturated carbocycles. The van der Waals surface area contributed by atoms with E-state index in [0.29, 0.717) is 23.5 Å². The molecule has 0 aromatic carbocycles. The number of aryl methyl sites for hydroxylation is 1. The Kier molecular flexibility index (Phi) is 2.81. The van der Waals surface area contributed by atoms with Crippen molar-refractivity contribution in [3.63, 3.8) is 0 Å². The molecule has 0 aliphatic carbocycles. The van der Waals surface area contributed by atoms with Gasteiger partial charge in [-0.15, -0.1) is 16.5 Å². The van der Waals surface area contributed by atoms with Crippen LogP contribution >= 0.6 is 11.3 Å². The summed E-state index contributed by atoms with van der Waals surface area (Å²) < 4.78 is 0. The lowest BCUT2D eigenvalue weighted by atomic mass is 10.3. The van der Waals surface area contributed by atoms with Crippen molar-refractivity contribution in [2.24, 2.45) is 10.2 Å². The van der Waals surface area contributed by atoms with E-state index in [9.17, 15) is 0 Å². The summed E-state index contributed by atoms with van der Waals surface area (Å²) in [4.78, 5) is 16.3. The predicted molar refractivity (Wildman–Crippen MR) is 69.0 cm³/mol. The Hall–Kier alpha value is -2.15. The summed E-state index contributed by atoms with van der Waals surface area (Å²) in [5.41, 5.74) is 2.56. The highest BCUT2D eigenvalue weighted by Crippen LogP contribution is 2.20. The van der Waals surface area contributed by atoms with E-state index in [1.165, 1.54) is 16.8 Å². The van der Waals surface area contributed by atoms with Gasteiger partial charge in [0.25, 0.3) is 0 Å². The van der Waals surface area contributed by atoms with Crippen molar-refractivity contribution in [1.29, 1.82) is 0 Å². The highest BCUT2D eigenvalue weighted by atomic mass is 32.1. The summed E-state index contributed by atoms with van der Waals surface area (Å²) in [7, 11) is 0. The largest absolute Gasteiger partial charge is 0.340 e. The summed E-state index contributed by atoms with van der Waals surface area (Å²) >= 11 is 1.68. The molecule has 3 rings (SSSR count). The molecule has 0 aliphatic rings. The number of H-pyrrole nitrogens is 1. The topological polar surface area (TPSA) is 79.2 Å². The molecule has 90 valence electrons. The number of hydrogen-bond donors (Lipinski definition) is 1. The van der Waals surface area contributed by atoms with Crippen LogP contribution in [0.3, 0.4) is 0 Å². The van der Waals surface area contributed by atoms with Gasteiger partial charge in [0, 0.05) is 4.88 Å². The highest BCUT2D eigenvalue weighted by molar-refractivity contribution is 7.10. The lowest BCUT2D eigenvalue weighted by Crippen LogP contribution is -1.82. The second-order valence-electron chi connectivity index (χ2n) is 3.72. The third kappa shape index (κ3) is 2.00. The van der Waals surface area contributed by atoms with Crippen molar-refractivity contribution in [2.45, 2.75) is 13.5 Å². The molecule has 0 aliphatic heterocycles. The van der Waals surface area contributed by atoms with Crippen LogP contribution in [-0.4, -0.2) is 19.9 Å². The molecule has 3 aromatic rings. The molecule has 0 radical (unpaired) electrons. The molecule has 0 bridgehead atoms. The first kappa shape index (κ1) is 11.0. The Balaban J connectivity index is 1.84. The number of azo groups is 1. The highest BCUT2D eigenvalue weighted by Gasteiger charge is 2.04. The number of aromatic amines is 1. The van der Waals surface area contributed by atoms with Gasteiger partial charge in [0.1, 0.15) is 11.8 Å². The number of fused-ring (bicyclic) bond motifs is 1. The van der Waals surface area contributed by atoms with Crippen molar-refractivity contribution >= 4 is 28.3 Å². The maximum Gasteiger partial charge on any atom is 0.203 e. The molecule has 3 heterocycles. The monoisotopic (exact) mass is 258 g/mol. The average molecular weight is 258 g/mol. The molecule has 18 heavy (non-hydrogen) atoms. The van der Waals surface area contributed by atoms with Crippen LogP contribution in [0.1, 0.15) is 10.4 Å². The number of nitrogens with one attached hydrogen (secondary N) is 1. The number of hydrogen-bond acceptors (Lipinski definition) is 6. The number of rotatable bonds is 3. The van der Waals surface area contributed by atoms with Gasteiger partial charge in [0.2, 0.25) is 5.82 Å². The Bertz CT molecular complexity index is 698. The van der Waals surface area contributed by atoms with E-state index in [4.69, 9.17) is 0 Å². The standard InChI is InChI=1S/C11H10N6S/c1-7-2-3-18-8(7)4-16-17-11-9-10(13-5-12-9)14-6-15-11/h2-3,5-6H,4H2,1H3,(H,12,13,14,15). The molecule has 1 N–H and O–H groups in total. The van der Waals surface area contributed by atoms with Gasteiger partial charge >= 0.3 is 0 Å². The summed E-state index contributed by atoms with van der Waals surface area (Å²) in [5, 5.41) is 10.4. The molecule has 6 nitrogen and oxygen atoms in total. The summed E-state index contributed by atoms with van der Waals surface area (Å²) in [6, 6.07) is 2.08. The molecule has 0 fully saturated rings. The number of imidazole rings is 1. The van der Waals surface area contributed by atoms with Gasteiger partial charge in [-0.05, 0) is 23.9 Å². The zero-order chi connectivity index (χ0) is 12.4. The van der Waals surface area contributed by atoms with Crippen LogP contribution in [0.15, 0.2) is 34.3 Å². The van der Waals surface area contributed by atoms with Crippen LogP contribution in [0.5, 0.6) is 0 Å². The number of nitrogens with zero attached hydrogens (tertiary/aromatic N) is 5. The lowest BCUT2D eigenvalue weighted by molar-refractivity contribution is 0.956. The van der Waals surface area contributed by atoms with E-state index in [1.54, 1.807) is 17.7 Å². The van der Waals surface area contributed by atoms with Gasteiger partial charge < -0.3 is 4.98 Å². The van der Waals surface area contributed by atoms with Gasteiger partial charge in [-0.25, -0.2) is 15.0 Å². The molecule has 3 aromatic heterocycles. The zero-order valence-electron chi connectivity index (χ0n) is 9.66. The van der Waals surface area contributed by atoms with Crippen LogP contribution in [0, 0.1) is 6.92 Å². The van der Waals surface area contributed by atoms with Crippen molar-refractivity contribution in [2.75, 3.05) is 0 Å². The van der Waals surface area contributed by atoms with Gasteiger partial charge in [-0.1, -0.05) is 0 Å². The third-order valence-electron chi connectivity index (χ3n) is 2.55. The Morgan fingerprint density at radius 1 is 1.33 bits per heavy atom. The Morgan fingerprint density at radius 3 is 3.11 bits per heavy atom. The summed E-state index contributed by atoms with van der Waals surface area (Å²) in [5.74, 6) is 0.520. The first-order valence-electron chi connectivity index (χ1n) is 5.39. The van der Waals surface area contributed by atoms with E-state index in [-0.39, 0.29) is 0 Å². The van der Waals surface area contributed by atoms with Crippen LogP contribution in [0.2, 0.25) is 0 Å². The molecule has 0 unspecified atom stereocenters. The fourth-order valence-corrected chi connectivity index (χ4v) is 2.38. The minimum Gasteiger partial charge on any atom is -0.340 e. The lowest BCUT2D eigenvalue weighted by Gasteiger charge is -1.94. The molecule has 7 heteroatoms. The first-order chi connectivity index (χ1) is 8.84. The fourth-order valence-electron chi connectivity index (χ4n) is 1.56. The predicted octanol–water partition coefficient (Wildman–Crippen LogP) is 3.01. The quantitative estimate of drug-likeness (QED) is 0.733. The van der Waals surface area contributed by atoms with Gasteiger partial charge in [0.15, 0.2) is 5.65 Å². The molecular formula is C11H10N6S. The van der Waals surface area contributed by atoms with Gasteiger partial charge in [-0.2, -0.15) is 5.11 Å². The third-order valence-corrected chi connectivity index (χ3v) is 3.56. The van der Waals surface area contributed by atoms with E-state index in [1.807, 2.05) is 0 Å². The van der Waals surface area contributed by atoms with Gasteiger partial charge in [-0.3, -0.25) is 0 Å². The van der Waals surface area contributed by atoms with Crippen molar-refractivity contribution in [1.82, 2.24) is 19.9 Å². The van der Waals surface area contributed by atoms with E-state index >= 15 is 0 Å². The minimum absolute atomic E-state index is 0.520. The van der Waals surface area contributed by atoms with Gasteiger partial charge in [0.05, 0.1) is 12.9 Å². The average Bonchev–Trinajstić information content (AvgIpc) is 2.99. The minimum atomic E-state index is 0.520. The second-order valence-corrected chi connectivity index (χ2v) is 4.73. The molecule has 0 amide bonds. The summed E-state index contributed by atoms with van der Waals surface area (Å²) in [6.07, 6.45) is 3.01. The fraction of sp³-hybridized carbons (Fsp3) is 0.182. The van der Waals surface area contributed by atoms with Crippen LogP contribution in [0.4, 0.5) is 5.82 Å². The Morgan fingerprint density at radius 2 is 2.28 bits per heavy atom. The van der Waals surface area contributed by atoms with Crippen LogP contribution in [-0.2, 0) is 6.54 Å². The van der Waals surface area contributed by atoms with E-state index in [0.717, 1.165) is 0 Å². The molecule has 0 spiro atoms. The van der Waals surface area contributed by atoms with Crippen LogP contribution in [0.25, 0.3) is 11.2 Å². The maximum atomic E-state index is 4.17. The van der Waals surface area contributed by atoms with Crippen molar-refractivity contribution in [3.8, 4) is 0 Å². The number of aromatic nitrogens is 4. The maximum absolute atomic E-state index is 4.17. The molecular weight excluding hydrogens is 248 g/mol. The SMILES string of the molecule is Cc1ccsc1CN=Nc1ncnc2nc[nH]c12. The Labute approximate surface area is 107 Å². The van der Waals surface area contributed by atoms with Crippen molar-refractivity contribution in [3.05, 3.63) is 34.5 Å². The normalized spacial score (nSPS) is 11.6. The smallest absolute Gasteiger partial charge is 0.203 e. The summed E-state index contributed by atoms with van der Waals surface area (Å²) in [6.45, 7) is 2.64. The molecule has 0 atom stereocenters. The first-order valence-corrected chi connectivity index (χ1v) is 6.27. The molecule has 0 saturated heterocycles. The second kappa shape index (κ2) is 4.61. The number of thiophene rings is 1. The van der Waals surface area contributed by atoms with Crippen molar-refractivity contribution < 1.29 is 0 Å². The van der Waals surface area contributed by atoms with Crippen LogP contribution < -0.4 is 0 Å².